The van der Waals surface area contributed by atoms with E-state index in [1.54, 1.807) is 28.9 Å². The van der Waals surface area contributed by atoms with Crippen LogP contribution in [0.1, 0.15) is 46.9 Å². The third-order valence-corrected chi connectivity index (χ3v) is 10.1. The fraction of sp³-hybridized carbons (Fsp3) is 0.500. The number of fused-ring (bicyclic) bond motifs is 2. The molecule has 12 nitrogen and oxygen atoms in total. The van der Waals surface area contributed by atoms with Crippen molar-refractivity contribution in [1.29, 1.82) is 0 Å². The van der Waals surface area contributed by atoms with Crippen molar-refractivity contribution in [2.45, 2.75) is 43.9 Å². The van der Waals surface area contributed by atoms with Crippen LogP contribution in [0.5, 0.6) is 17.2 Å². The molecule has 2 aromatic carbocycles. The lowest BCUT2D eigenvalue weighted by Crippen LogP contribution is -2.54. The van der Waals surface area contributed by atoms with Crippen LogP contribution in [0, 0.1) is 10.1 Å². The van der Waals surface area contributed by atoms with Crippen molar-refractivity contribution in [2.75, 3.05) is 39.5 Å². The molecule has 0 bridgehead atoms. The molecule has 0 radical (unpaired) electrons. The van der Waals surface area contributed by atoms with Crippen molar-refractivity contribution in [2.24, 2.45) is 0 Å². The normalized spacial score (nSPS) is 24.2. The number of nitrogens with zero attached hydrogens (tertiary/aromatic N) is 3. The monoisotopic (exact) mass is 556 g/mol. The molecule has 7 rings (SSSR count). The van der Waals surface area contributed by atoms with E-state index in [1.807, 2.05) is 4.90 Å². The Labute approximate surface area is 224 Å². The van der Waals surface area contributed by atoms with Crippen LogP contribution in [-0.2, 0) is 20.2 Å². The standard InChI is InChI=1S/C26H29N4O8P/c31-26-19-2-1-3-22(18(19)6-8-29(26)17-14-35-15-17)37-25-12-20-23(7-11-36-24(20)13-21(25)30(32)33)38-39(34,28-9-10-28)27-16-4-5-16/h1-3,12-13,16-17,23H,4-11,14-15H2,(H,27,34). The Balaban J connectivity index is 1.21. The van der Waals surface area contributed by atoms with Gasteiger partial charge in [0, 0.05) is 48.8 Å². The largest absolute Gasteiger partial charge is 0.493 e. The van der Waals surface area contributed by atoms with Gasteiger partial charge in [0.1, 0.15) is 11.5 Å². The van der Waals surface area contributed by atoms with E-state index in [-0.39, 0.29) is 36.0 Å². The Morgan fingerprint density at radius 3 is 2.62 bits per heavy atom. The molecule has 39 heavy (non-hydrogen) atoms. The second-order valence-electron chi connectivity index (χ2n) is 10.5. The van der Waals surface area contributed by atoms with Crippen LogP contribution >= 0.6 is 7.67 Å². The minimum absolute atomic E-state index is 0.0187. The van der Waals surface area contributed by atoms with E-state index >= 15 is 0 Å². The third kappa shape index (κ3) is 4.70. The molecule has 1 amide bonds. The van der Waals surface area contributed by atoms with E-state index in [9.17, 15) is 19.5 Å². The van der Waals surface area contributed by atoms with Gasteiger partial charge in [-0.2, -0.15) is 0 Å². The average molecular weight is 557 g/mol. The summed E-state index contributed by atoms with van der Waals surface area (Å²) >= 11 is 0. The zero-order valence-electron chi connectivity index (χ0n) is 21.2. The Bertz CT molecular complexity index is 1390. The van der Waals surface area contributed by atoms with Crippen LogP contribution in [0.15, 0.2) is 30.3 Å². The fourth-order valence-electron chi connectivity index (χ4n) is 5.29. The fourth-order valence-corrected chi connectivity index (χ4v) is 7.54. The number of amides is 1. The Morgan fingerprint density at radius 1 is 1.10 bits per heavy atom. The van der Waals surface area contributed by atoms with E-state index < -0.39 is 18.7 Å². The van der Waals surface area contributed by atoms with Gasteiger partial charge in [0.15, 0.2) is 0 Å². The minimum atomic E-state index is -3.24. The van der Waals surface area contributed by atoms with Gasteiger partial charge in [-0.3, -0.25) is 24.0 Å². The van der Waals surface area contributed by atoms with Gasteiger partial charge in [0.05, 0.1) is 43.0 Å². The van der Waals surface area contributed by atoms with Crippen molar-refractivity contribution in [3.63, 3.8) is 0 Å². The van der Waals surface area contributed by atoms with Gasteiger partial charge in [-0.1, -0.05) is 6.07 Å². The number of benzene rings is 2. The molecule has 1 saturated carbocycles. The first-order chi connectivity index (χ1) is 18.9. The quantitative estimate of drug-likeness (QED) is 0.210. The van der Waals surface area contributed by atoms with Crippen LogP contribution in [0.3, 0.4) is 0 Å². The summed E-state index contributed by atoms with van der Waals surface area (Å²) in [6.07, 6.45) is 2.36. The first kappa shape index (κ1) is 25.0. The van der Waals surface area contributed by atoms with E-state index in [0.717, 1.165) is 18.4 Å². The summed E-state index contributed by atoms with van der Waals surface area (Å²) in [6, 6.07) is 8.36. The summed E-state index contributed by atoms with van der Waals surface area (Å²) in [6.45, 7) is 3.27. The lowest BCUT2D eigenvalue weighted by atomic mass is 9.96. The van der Waals surface area contributed by atoms with Gasteiger partial charge in [0.25, 0.3) is 5.91 Å². The van der Waals surface area contributed by atoms with Crippen molar-refractivity contribution >= 4 is 19.3 Å². The number of carbonyl (C=O) groups is 1. The smallest absolute Gasteiger partial charge is 0.344 e. The van der Waals surface area contributed by atoms with Crippen LogP contribution in [0.2, 0.25) is 0 Å². The van der Waals surface area contributed by atoms with Gasteiger partial charge < -0.3 is 19.1 Å². The summed E-state index contributed by atoms with van der Waals surface area (Å²) in [5.41, 5.74) is 1.54. The van der Waals surface area contributed by atoms with Gasteiger partial charge in [-0.15, -0.1) is 0 Å². The van der Waals surface area contributed by atoms with Crippen molar-refractivity contribution < 1.29 is 33.0 Å². The molecule has 13 heteroatoms. The van der Waals surface area contributed by atoms with E-state index in [2.05, 4.69) is 5.09 Å². The highest BCUT2D eigenvalue weighted by atomic mass is 31.2. The molecule has 2 unspecified atom stereocenters. The highest BCUT2D eigenvalue weighted by Crippen LogP contribution is 2.58. The molecule has 4 aliphatic heterocycles. The summed E-state index contributed by atoms with van der Waals surface area (Å²) in [4.78, 5) is 26.5. The molecule has 3 fully saturated rings. The van der Waals surface area contributed by atoms with Crippen LogP contribution in [0.25, 0.3) is 0 Å². The minimum Gasteiger partial charge on any atom is -0.493 e. The van der Waals surface area contributed by atoms with E-state index in [0.29, 0.717) is 68.3 Å². The number of hydrogen-bond acceptors (Lipinski definition) is 8. The van der Waals surface area contributed by atoms with Gasteiger partial charge in [-0.25, -0.2) is 9.76 Å². The predicted octanol–water partition coefficient (Wildman–Crippen LogP) is 3.80. The van der Waals surface area contributed by atoms with Gasteiger partial charge in [-0.05, 0) is 37.5 Å². The molecule has 2 atom stereocenters. The molecule has 2 saturated heterocycles. The number of rotatable bonds is 9. The molecule has 0 aromatic heterocycles. The van der Waals surface area contributed by atoms with Crippen molar-refractivity contribution in [3.8, 4) is 17.2 Å². The predicted molar refractivity (Wildman–Crippen MR) is 138 cm³/mol. The summed E-state index contributed by atoms with van der Waals surface area (Å²) in [7, 11) is -3.24. The first-order valence-corrected chi connectivity index (χ1v) is 14.9. The Kier molecular flexibility index (Phi) is 6.13. The molecule has 206 valence electrons. The van der Waals surface area contributed by atoms with Crippen molar-refractivity contribution in [3.05, 3.63) is 57.1 Å². The molecule has 0 spiro atoms. The zero-order valence-corrected chi connectivity index (χ0v) is 22.1. The third-order valence-electron chi connectivity index (χ3n) is 7.77. The topological polar surface area (TPSA) is 132 Å². The summed E-state index contributed by atoms with van der Waals surface area (Å²) < 4.78 is 39.0. The maximum atomic E-state index is 13.7. The number of nitro benzene ring substituents is 1. The molecular weight excluding hydrogens is 527 g/mol. The van der Waals surface area contributed by atoms with E-state index in [1.165, 1.54) is 6.07 Å². The Hall–Kier alpha value is -3.02. The molecule has 1 aliphatic carbocycles. The molecule has 5 aliphatic rings. The summed E-state index contributed by atoms with van der Waals surface area (Å²) in [5.74, 6) is 0.640. The van der Waals surface area contributed by atoms with Crippen LogP contribution < -0.4 is 14.6 Å². The second-order valence-corrected chi connectivity index (χ2v) is 12.6. The van der Waals surface area contributed by atoms with E-state index in [4.69, 9.17) is 18.7 Å². The molecular formula is C26H29N4O8P. The van der Waals surface area contributed by atoms with Crippen LogP contribution in [0.4, 0.5) is 5.69 Å². The molecule has 1 N–H and O–H groups in total. The highest BCUT2D eigenvalue weighted by molar-refractivity contribution is 7.54. The maximum Gasteiger partial charge on any atom is 0.344 e. The average Bonchev–Trinajstić information content (AvgIpc) is 3.80. The Morgan fingerprint density at radius 2 is 1.92 bits per heavy atom. The molecule has 4 heterocycles. The van der Waals surface area contributed by atoms with Crippen LogP contribution in [-0.4, -0.2) is 71.9 Å². The lowest BCUT2D eigenvalue weighted by molar-refractivity contribution is -0.385. The number of nitrogens with one attached hydrogen (secondary N) is 1. The number of nitro groups is 1. The first-order valence-electron chi connectivity index (χ1n) is 13.3. The maximum absolute atomic E-state index is 13.7. The number of carbonyl (C=O) groups excluding carboxylic acids is 1. The summed E-state index contributed by atoms with van der Waals surface area (Å²) in [5, 5.41) is 15.2. The van der Waals surface area contributed by atoms with Crippen molar-refractivity contribution in [1.82, 2.24) is 14.7 Å². The zero-order chi connectivity index (χ0) is 26.7. The highest BCUT2D eigenvalue weighted by Gasteiger charge is 2.46. The second kappa shape index (κ2) is 9.57. The molecule has 2 aromatic rings. The van der Waals surface area contributed by atoms with Gasteiger partial charge in [0.2, 0.25) is 5.75 Å². The number of ether oxygens (including phenoxy) is 3. The number of hydrogen-bond donors (Lipinski definition) is 1. The van der Waals surface area contributed by atoms with Gasteiger partial charge >= 0.3 is 13.4 Å². The SMILES string of the molecule is O=C1c2cccc(Oc3cc4c(cc3[N+](=O)[O-])OCCC4OP(=O)(NC3CC3)N3CC3)c2CCN1C1COC1. The lowest BCUT2D eigenvalue weighted by Gasteiger charge is -2.40.